The summed E-state index contributed by atoms with van der Waals surface area (Å²) in [6.07, 6.45) is 2.03. The van der Waals surface area contributed by atoms with Crippen LogP contribution in [-0.4, -0.2) is 22.4 Å². The van der Waals surface area contributed by atoms with Crippen molar-refractivity contribution >= 4 is 0 Å². The predicted molar refractivity (Wildman–Crippen MR) is 61.7 cm³/mol. The van der Waals surface area contributed by atoms with Crippen molar-refractivity contribution in [2.24, 2.45) is 0 Å². The normalized spacial score (nSPS) is 14.9. The zero-order valence-electron chi connectivity index (χ0n) is 9.26. The van der Waals surface area contributed by atoms with E-state index in [2.05, 4.69) is 12.1 Å². The Bertz CT molecular complexity index is 258. The third-order valence-corrected chi connectivity index (χ3v) is 2.67. The zero-order valence-corrected chi connectivity index (χ0v) is 9.26. The first-order valence-corrected chi connectivity index (χ1v) is 5.64. The fraction of sp³-hybridized carbons (Fsp3) is 0.538. The molecule has 1 rings (SSSR count). The van der Waals surface area contributed by atoms with Crippen molar-refractivity contribution in [3.8, 4) is 0 Å². The SMILES string of the molecule is CCC(O)C(O)CCCc1ccccc1. The molecular formula is C13H20O2. The van der Waals surface area contributed by atoms with Gasteiger partial charge in [0.15, 0.2) is 0 Å². The summed E-state index contributed by atoms with van der Waals surface area (Å²) in [6, 6.07) is 10.2. The highest BCUT2D eigenvalue weighted by molar-refractivity contribution is 5.14. The summed E-state index contributed by atoms with van der Waals surface area (Å²) in [7, 11) is 0. The van der Waals surface area contributed by atoms with E-state index in [0.717, 1.165) is 12.8 Å². The van der Waals surface area contributed by atoms with Gasteiger partial charge < -0.3 is 10.2 Å². The van der Waals surface area contributed by atoms with Gasteiger partial charge in [0, 0.05) is 0 Å². The monoisotopic (exact) mass is 208 g/mol. The lowest BCUT2D eigenvalue weighted by Gasteiger charge is -2.15. The van der Waals surface area contributed by atoms with Gasteiger partial charge in [0.05, 0.1) is 12.2 Å². The van der Waals surface area contributed by atoms with Crippen LogP contribution in [0, 0.1) is 0 Å². The molecule has 2 unspecified atom stereocenters. The third kappa shape index (κ3) is 4.45. The molecule has 1 aromatic carbocycles. The largest absolute Gasteiger partial charge is 0.390 e. The van der Waals surface area contributed by atoms with Gasteiger partial charge in [-0.2, -0.15) is 0 Å². The molecule has 84 valence electrons. The van der Waals surface area contributed by atoms with Gasteiger partial charge in [-0.05, 0) is 31.2 Å². The Morgan fingerprint density at radius 2 is 1.73 bits per heavy atom. The molecule has 2 nitrogen and oxygen atoms in total. The Morgan fingerprint density at radius 3 is 2.33 bits per heavy atom. The smallest absolute Gasteiger partial charge is 0.0799 e. The lowest BCUT2D eigenvalue weighted by Crippen LogP contribution is -2.24. The standard InChI is InChI=1S/C13H20O2/c1-2-12(14)13(15)10-6-9-11-7-4-3-5-8-11/h3-5,7-8,12-15H,2,6,9-10H2,1H3. The average molecular weight is 208 g/mol. The lowest BCUT2D eigenvalue weighted by atomic mass is 10.0. The number of aliphatic hydroxyl groups excluding tert-OH is 2. The summed E-state index contributed by atoms with van der Waals surface area (Å²) in [5, 5.41) is 18.9. The maximum absolute atomic E-state index is 9.55. The van der Waals surface area contributed by atoms with Crippen molar-refractivity contribution in [2.45, 2.75) is 44.8 Å². The van der Waals surface area contributed by atoms with Crippen LogP contribution in [0.3, 0.4) is 0 Å². The molecule has 0 aromatic heterocycles. The van der Waals surface area contributed by atoms with Crippen molar-refractivity contribution in [2.75, 3.05) is 0 Å². The average Bonchev–Trinajstić information content (AvgIpc) is 2.29. The molecule has 2 N–H and O–H groups in total. The van der Waals surface area contributed by atoms with Gasteiger partial charge in [-0.15, -0.1) is 0 Å². The third-order valence-electron chi connectivity index (χ3n) is 2.67. The molecule has 0 saturated carbocycles. The van der Waals surface area contributed by atoms with Crippen LogP contribution in [0.4, 0.5) is 0 Å². The number of rotatable bonds is 6. The van der Waals surface area contributed by atoms with Crippen LogP contribution in [-0.2, 0) is 6.42 Å². The second kappa shape index (κ2) is 6.59. The quantitative estimate of drug-likeness (QED) is 0.752. The molecule has 0 heterocycles. The van der Waals surface area contributed by atoms with E-state index in [1.54, 1.807) is 0 Å². The van der Waals surface area contributed by atoms with Crippen molar-refractivity contribution in [1.29, 1.82) is 0 Å². The fourth-order valence-electron chi connectivity index (χ4n) is 1.62. The van der Waals surface area contributed by atoms with Crippen molar-refractivity contribution in [3.63, 3.8) is 0 Å². The number of benzene rings is 1. The molecule has 0 fully saturated rings. The Hall–Kier alpha value is -0.860. The molecule has 2 heteroatoms. The first-order chi connectivity index (χ1) is 7.24. The van der Waals surface area contributed by atoms with Crippen LogP contribution in [0.5, 0.6) is 0 Å². The summed E-state index contributed by atoms with van der Waals surface area (Å²) < 4.78 is 0. The second-order valence-electron chi connectivity index (χ2n) is 3.92. The van der Waals surface area contributed by atoms with Crippen LogP contribution in [0.25, 0.3) is 0 Å². The van der Waals surface area contributed by atoms with Gasteiger partial charge >= 0.3 is 0 Å². The summed E-state index contributed by atoms with van der Waals surface area (Å²) in [6.45, 7) is 1.88. The first kappa shape index (κ1) is 12.2. The summed E-state index contributed by atoms with van der Waals surface area (Å²) in [5.41, 5.74) is 1.29. The molecule has 15 heavy (non-hydrogen) atoms. The van der Waals surface area contributed by atoms with Crippen LogP contribution >= 0.6 is 0 Å². The summed E-state index contributed by atoms with van der Waals surface area (Å²) in [5.74, 6) is 0. The highest BCUT2D eigenvalue weighted by Crippen LogP contribution is 2.09. The minimum atomic E-state index is -0.571. The molecule has 0 aliphatic rings. The Balaban J connectivity index is 2.22. The molecular weight excluding hydrogens is 188 g/mol. The molecule has 1 aromatic rings. The molecule has 2 atom stereocenters. The molecule has 0 amide bonds. The second-order valence-corrected chi connectivity index (χ2v) is 3.92. The number of aryl methyl sites for hydroxylation is 1. The van der Waals surface area contributed by atoms with E-state index in [1.807, 2.05) is 25.1 Å². The molecule has 0 saturated heterocycles. The number of hydrogen-bond donors (Lipinski definition) is 2. The van der Waals surface area contributed by atoms with Gasteiger partial charge in [-0.3, -0.25) is 0 Å². The van der Waals surface area contributed by atoms with Crippen molar-refractivity contribution in [3.05, 3.63) is 35.9 Å². The van der Waals surface area contributed by atoms with Crippen LogP contribution in [0.15, 0.2) is 30.3 Å². The van der Waals surface area contributed by atoms with E-state index in [4.69, 9.17) is 0 Å². The number of hydrogen-bond acceptors (Lipinski definition) is 2. The number of aliphatic hydroxyl groups is 2. The van der Waals surface area contributed by atoms with Crippen molar-refractivity contribution in [1.82, 2.24) is 0 Å². The highest BCUT2D eigenvalue weighted by Gasteiger charge is 2.12. The molecule has 0 radical (unpaired) electrons. The Kier molecular flexibility index (Phi) is 5.37. The highest BCUT2D eigenvalue weighted by atomic mass is 16.3. The van der Waals surface area contributed by atoms with E-state index in [9.17, 15) is 10.2 Å². The summed E-state index contributed by atoms with van der Waals surface area (Å²) >= 11 is 0. The van der Waals surface area contributed by atoms with E-state index in [1.165, 1.54) is 5.56 Å². The first-order valence-electron chi connectivity index (χ1n) is 5.64. The van der Waals surface area contributed by atoms with E-state index >= 15 is 0 Å². The minimum Gasteiger partial charge on any atom is -0.390 e. The molecule has 0 bridgehead atoms. The Labute approximate surface area is 91.6 Å². The summed E-state index contributed by atoms with van der Waals surface area (Å²) in [4.78, 5) is 0. The van der Waals surface area contributed by atoms with E-state index < -0.39 is 12.2 Å². The van der Waals surface area contributed by atoms with Gasteiger partial charge in [0.2, 0.25) is 0 Å². The van der Waals surface area contributed by atoms with Crippen LogP contribution < -0.4 is 0 Å². The minimum absolute atomic E-state index is 0.569. The molecule has 0 spiro atoms. The predicted octanol–water partition coefficient (Wildman–Crippen LogP) is 2.14. The zero-order chi connectivity index (χ0) is 11.1. The maximum Gasteiger partial charge on any atom is 0.0799 e. The maximum atomic E-state index is 9.55. The lowest BCUT2D eigenvalue weighted by molar-refractivity contribution is 0.0118. The van der Waals surface area contributed by atoms with Crippen LogP contribution in [0.2, 0.25) is 0 Å². The van der Waals surface area contributed by atoms with Crippen molar-refractivity contribution < 1.29 is 10.2 Å². The van der Waals surface area contributed by atoms with E-state index in [-0.39, 0.29) is 0 Å². The molecule has 0 aliphatic heterocycles. The Morgan fingerprint density at radius 1 is 1.07 bits per heavy atom. The van der Waals surface area contributed by atoms with E-state index in [0.29, 0.717) is 12.8 Å². The van der Waals surface area contributed by atoms with Crippen LogP contribution in [0.1, 0.15) is 31.7 Å². The van der Waals surface area contributed by atoms with Gasteiger partial charge in [-0.1, -0.05) is 37.3 Å². The fourth-order valence-corrected chi connectivity index (χ4v) is 1.62. The van der Waals surface area contributed by atoms with Gasteiger partial charge in [0.25, 0.3) is 0 Å². The molecule has 0 aliphatic carbocycles. The van der Waals surface area contributed by atoms with Gasteiger partial charge in [0.1, 0.15) is 0 Å². The topological polar surface area (TPSA) is 40.5 Å². The van der Waals surface area contributed by atoms with Gasteiger partial charge in [-0.25, -0.2) is 0 Å².